The third kappa shape index (κ3) is 3.57. The molecular formula is C23H22N4O3. The average molecular weight is 402 g/mol. The summed E-state index contributed by atoms with van der Waals surface area (Å²) in [6.07, 6.45) is 0. The maximum absolute atomic E-state index is 13.3. The predicted molar refractivity (Wildman–Crippen MR) is 116 cm³/mol. The van der Waals surface area contributed by atoms with E-state index < -0.39 is 0 Å². The first-order valence-electron chi connectivity index (χ1n) is 9.44. The Kier molecular flexibility index (Phi) is 5.10. The first kappa shape index (κ1) is 19.4. The summed E-state index contributed by atoms with van der Waals surface area (Å²) in [6, 6.07) is 16.8. The Hall–Kier alpha value is -3.87. The number of hydrogen-bond acceptors (Lipinski definition) is 5. The lowest BCUT2D eigenvalue weighted by Crippen LogP contribution is -2.13. The Bertz CT molecular complexity index is 1210. The van der Waals surface area contributed by atoms with Crippen LogP contribution in [0.5, 0.6) is 11.5 Å². The van der Waals surface area contributed by atoms with Crippen LogP contribution in [0.15, 0.2) is 54.6 Å². The number of carbonyl (C=O) groups excluding carboxylic acids is 1. The van der Waals surface area contributed by atoms with Crippen molar-refractivity contribution >= 4 is 22.6 Å². The van der Waals surface area contributed by atoms with Crippen LogP contribution in [-0.2, 0) is 7.05 Å². The third-order valence-corrected chi connectivity index (χ3v) is 4.89. The quantitative estimate of drug-likeness (QED) is 0.541. The summed E-state index contributed by atoms with van der Waals surface area (Å²) in [5, 5.41) is 8.14. The van der Waals surface area contributed by atoms with Crippen LogP contribution in [0.2, 0.25) is 0 Å². The Labute approximate surface area is 174 Å². The van der Waals surface area contributed by atoms with E-state index in [1.165, 1.54) is 0 Å². The molecule has 0 bridgehead atoms. The van der Waals surface area contributed by atoms with E-state index in [2.05, 4.69) is 10.4 Å². The SMILES string of the molecule is COc1cc(NC(=O)c2cc(-c3ccccc3)nc3c2c(C)nn3C)cc(OC)c1. The van der Waals surface area contributed by atoms with Crippen molar-refractivity contribution in [1.29, 1.82) is 0 Å². The van der Waals surface area contributed by atoms with Gasteiger partial charge in [-0.15, -0.1) is 0 Å². The molecule has 1 amide bonds. The zero-order chi connectivity index (χ0) is 21.3. The van der Waals surface area contributed by atoms with Crippen LogP contribution in [0.25, 0.3) is 22.3 Å². The van der Waals surface area contributed by atoms with Gasteiger partial charge in [0.05, 0.1) is 36.6 Å². The van der Waals surface area contributed by atoms with Crippen molar-refractivity contribution in [2.45, 2.75) is 6.92 Å². The summed E-state index contributed by atoms with van der Waals surface area (Å²) < 4.78 is 12.3. The predicted octanol–water partition coefficient (Wildman–Crippen LogP) is 4.21. The van der Waals surface area contributed by atoms with E-state index in [1.807, 2.05) is 44.3 Å². The number of fused-ring (bicyclic) bond motifs is 1. The number of ether oxygens (including phenoxy) is 2. The molecule has 2 aromatic heterocycles. The number of hydrogen-bond donors (Lipinski definition) is 1. The van der Waals surface area contributed by atoms with Crippen LogP contribution >= 0.6 is 0 Å². The first-order valence-corrected chi connectivity index (χ1v) is 9.44. The van der Waals surface area contributed by atoms with Gasteiger partial charge < -0.3 is 14.8 Å². The maximum atomic E-state index is 13.3. The molecule has 0 saturated heterocycles. The highest BCUT2D eigenvalue weighted by molar-refractivity contribution is 6.13. The van der Waals surface area contributed by atoms with E-state index >= 15 is 0 Å². The molecule has 2 heterocycles. The topological polar surface area (TPSA) is 78.3 Å². The van der Waals surface area contributed by atoms with E-state index in [0.29, 0.717) is 34.1 Å². The molecule has 152 valence electrons. The standard InChI is InChI=1S/C23H22N4O3/c1-14-21-19(23(28)24-16-10-17(29-3)12-18(11-16)30-4)13-20(15-8-6-5-7-9-15)25-22(21)27(2)26-14/h5-13H,1-4H3,(H,24,28). The maximum Gasteiger partial charge on any atom is 0.256 e. The fraction of sp³-hybridized carbons (Fsp3) is 0.174. The fourth-order valence-corrected chi connectivity index (χ4v) is 3.46. The highest BCUT2D eigenvalue weighted by Gasteiger charge is 2.20. The molecule has 4 rings (SSSR count). The molecular weight excluding hydrogens is 380 g/mol. The third-order valence-electron chi connectivity index (χ3n) is 4.89. The second-order valence-electron chi connectivity index (χ2n) is 6.88. The molecule has 0 fully saturated rings. The molecule has 0 unspecified atom stereocenters. The molecule has 30 heavy (non-hydrogen) atoms. The van der Waals surface area contributed by atoms with Crippen LogP contribution in [0, 0.1) is 6.92 Å². The zero-order valence-electron chi connectivity index (χ0n) is 17.3. The van der Waals surface area contributed by atoms with Crippen molar-refractivity contribution in [3.05, 3.63) is 65.9 Å². The van der Waals surface area contributed by atoms with Crippen LogP contribution in [0.1, 0.15) is 16.1 Å². The van der Waals surface area contributed by atoms with Gasteiger partial charge in [0.1, 0.15) is 11.5 Å². The van der Waals surface area contributed by atoms with Gasteiger partial charge >= 0.3 is 0 Å². The molecule has 7 heteroatoms. The lowest BCUT2D eigenvalue weighted by atomic mass is 10.0. The molecule has 0 aliphatic rings. The van der Waals surface area contributed by atoms with Gasteiger partial charge in [-0.1, -0.05) is 30.3 Å². The number of nitrogens with zero attached hydrogens (tertiary/aromatic N) is 3. The highest BCUT2D eigenvalue weighted by Crippen LogP contribution is 2.29. The largest absolute Gasteiger partial charge is 0.497 e. The number of nitrogens with one attached hydrogen (secondary N) is 1. The van der Waals surface area contributed by atoms with Crippen molar-refractivity contribution in [3.8, 4) is 22.8 Å². The molecule has 0 saturated carbocycles. The van der Waals surface area contributed by atoms with Crippen molar-refractivity contribution in [2.24, 2.45) is 7.05 Å². The van der Waals surface area contributed by atoms with E-state index in [-0.39, 0.29) is 5.91 Å². The van der Waals surface area contributed by atoms with E-state index in [1.54, 1.807) is 43.2 Å². The Morgan fingerprint density at radius 3 is 2.30 bits per heavy atom. The van der Waals surface area contributed by atoms with E-state index in [9.17, 15) is 4.79 Å². The summed E-state index contributed by atoms with van der Waals surface area (Å²) >= 11 is 0. The van der Waals surface area contributed by atoms with Crippen LogP contribution in [0.3, 0.4) is 0 Å². The number of methoxy groups -OCH3 is 2. The molecule has 0 aliphatic heterocycles. The number of carbonyl (C=O) groups is 1. The van der Waals surface area contributed by atoms with E-state index in [4.69, 9.17) is 14.5 Å². The lowest BCUT2D eigenvalue weighted by Gasteiger charge is -2.12. The fourth-order valence-electron chi connectivity index (χ4n) is 3.46. The molecule has 7 nitrogen and oxygen atoms in total. The number of anilines is 1. The number of aryl methyl sites for hydroxylation is 2. The normalized spacial score (nSPS) is 10.8. The molecule has 4 aromatic rings. The summed E-state index contributed by atoms with van der Waals surface area (Å²) in [4.78, 5) is 18.1. The number of rotatable bonds is 5. The molecule has 0 atom stereocenters. The first-order chi connectivity index (χ1) is 14.5. The Morgan fingerprint density at radius 2 is 1.67 bits per heavy atom. The minimum absolute atomic E-state index is 0.258. The number of aromatic nitrogens is 3. The molecule has 0 aliphatic carbocycles. The Balaban J connectivity index is 1.82. The summed E-state index contributed by atoms with van der Waals surface area (Å²) in [5.41, 5.74) is 4.11. The number of pyridine rings is 1. The molecule has 0 spiro atoms. The van der Waals surface area contributed by atoms with Crippen molar-refractivity contribution < 1.29 is 14.3 Å². The van der Waals surface area contributed by atoms with Crippen LogP contribution in [-0.4, -0.2) is 34.9 Å². The highest BCUT2D eigenvalue weighted by atomic mass is 16.5. The summed E-state index contributed by atoms with van der Waals surface area (Å²) in [7, 11) is 4.96. The second-order valence-corrected chi connectivity index (χ2v) is 6.88. The molecule has 2 aromatic carbocycles. The van der Waals surface area contributed by atoms with Crippen LogP contribution < -0.4 is 14.8 Å². The van der Waals surface area contributed by atoms with Gasteiger partial charge in [-0.2, -0.15) is 5.10 Å². The van der Waals surface area contributed by atoms with Gasteiger partial charge in [-0.3, -0.25) is 9.48 Å². The molecule has 1 N–H and O–H groups in total. The minimum Gasteiger partial charge on any atom is -0.497 e. The van der Waals surface area contributed by atoms with Gasteiger partial charge in [0.15, 0.2) is 5.65 Å². The summed E-state index contributed by atoms with van der Waals surface area (Å²) in [6.45, 7) is 1.87. The zero-order valence-corrected chi connectivity index (χ0v) is 17.3. The van der Waals surface area contributed by atoms with Gasteiger partial charge in [-0.05, 0) is 13.0 Å². The van der Waals surface area contributed by atoms with Crippen molar-refractivity contribution in [1.82, 2.24) is 14.8 Å². The van der Waals surface area contributed by atoms with Gasteiger partial charge in [-0.25, -0.2) is 4.98 Å². The van der Waals surface area contributed by atoms with Gasteiger partial charge in [0.2, 0.25) is 0 Å². The smallest absolute Gasteiger partial charge is 0.256 e. The lowest BCUT2D eigenvalue weighted by molar-refractivity contribution is 0.102. The molecule has 0 radical (unpaired) electrons. The van der Waals surface area contributed by atoms with Crippen molar-refractivity contribution in [3.63, 3.8) is 0 Å². The Morgan fingerprint density at radius 1 is 1.00 bits per heavy atom. The minimum atomic E-state index is -0.258. The average Bonchev–Trinajstić information content (AvgIpc) is 3.06. The van der Waals surface area contributed by atoms with Gasteiger partial charge in [0, 0.05) is 36.5 Å². The van der Waals surface area contributed by atoms with E-state index in [0.717, 1.165) is 16.6 Å². The van der Waals surface area contributed by atoms with Crippen LogP contribution in [0.4, 0.5) is 5.69 Å². The number of benzene rings is 2. The van der Waals surface area contributed by atoms with Gasteiger partial charge in [0.25, 0.3) is 5.91 Å². The monoisotopic (exact) mass is 402 g/mol. The summed E-state index contributed by atoms with van der Waals surface area (Å²) in [5.74, 6) is 0.921. The number of amides is 1. The van der Waals surface area contributed by atoms with Crippen molar-refractivity contribution in [2.75, 3.05) is 19.5 Å². The second kappa shape index (κ2) is 7.87.